The molecule has 0 spiro atoms. The zero-order valence-electron chi connectivity index (χ0n) is 18.2. The molecule has 0 aromatic carbocycles. The number of hydrogen-bond donors (Lipinski definition) is 5. The molecule has 0 radical (unpaired) electrons. The molecule has 0 saturated heterocycles. The van der Waals surface area contributed by atoms with E-state index < -0.39 is 0 Å². The van der Waals surface area contributed by atoms with Crippen molar-refractivity contribution < 1.29 is 4.79 Å². The number of amides is 1. The Labute approximate surface area is 180 Å². The first-order chi connectivity index (χ1) is 14.9. The van der Waals surface area contributed by atoms with E-state index in [-0.39, 0.29) is 24.1 Å². The van der Waals surface area contributed by atoms with E-state index in [0.29, 0.717) is 41.8 Å². The fourth-order valence-electron chi connectivity index (χ4n) is 3.96. The van der Waals surface area contributed by atoms with Crippen molar-refractivity contribution in [2.75, 3.05) is 37.0 Å². The molecule has 1 unspecified atom stereocenters. The minimum Gasteiger partial charge on any atom is -0.368 e. The lowest BCUT2D eigenvalue weighted by atomic mass is 10.3. The molecule has 3 heterocycles. The van der Waals surface area contributed by atoms with E-state index >= 15 is 0 Å². The number of nitrogens with one attached hydrogen (secondary N) is 4. The third-order valence-electron chi connectivity index (χ3n) is 5.78. The largest absolute Gasteiger partial charge is 0.368 e. The Hall–Kier alpha value is -3.25. The summed E-state index contributed by atoms with van der Waals surface area (Å²) < 4.78 is 3.41. The van der Waals surface area contributed by atoms with E-state index in [4.69, 9.17) is 5.73 Å². The highest BCUT2D eigenvalue weighted by atomic mass is 16.2. The van der Waals surface area contributed by atoms with Crippen molar-refractivity contribution in [3.05, 3.63) is 18.1 Å². The summed E-state index contributed by atoms with van der Waals surface area (Å²) in [6, 6.07) is 1.84. The van der Waals surface area contributed by atoms with Crippen molar-refractivity contribution >= 4 is 34.7 Å². The fourth-order valence-corrected chi connectivity index (χ4v) is 3.96. The van der Waals surface area contributed by atoms with E-state index in [1.165, 1.54) is 0 Å². The maximum absolute atomic E-state index is 12.6. The van der Waals surface area contributed by atoms with Crippen LogP contribution in [0.1, 0.15) is 19.0 Å². The summed E-state index contributed by atoms with van der Waals surface area (Å²) in [6.45, 7) is 5.28. The topological polar surface area (TPSA) is 153 Å². The summed E-state index contributed by atoms with van der Waals surface area (Å²) >= 11 is 0. The molecule has 12 heteroatoms. The van der Waals surface area contributed by atoms with Gasteiger partial charge in [-0.05, 0) is 34.4 Å². The first-order valence-electron chi connectivity index (χ1n) is 10.3. The summed E-state index contributed by atoms with van der Waals surface area (Å²) in [5.74, 6) is 1.56. The number of carbonyl (C=O) groups excluding carboxylic acids is 1. The predicted octanol–water partition coefficient (Wildman–Crippen LogP) is 0.139. The number of aromatic nitrogens is 6. The molecule has 4 rings (SSSR count). The van der Waals surface area contributed by atoms with Gasteiger partial charge in [0, 0.05) is 25.1 Å². The summed E-state index contributed by atoms with van der Waals surface area (Å²) in [6.07, 6.45) is 2.59. The summed E-state index contributed by atoms with van der Waals surface area (Å²) in [5, 5.41) is 17.2. The minimum absolute atomic E-state index is 0.0472. The Kier molecular flexibility index (Phi) is 5.50. The van der Waals surface area contributed by atoms with Crippen molar-refractivity contribution in [2.24, 2.45) is 5.92 Å². The van der Waals surface area contributed by atoms with Crippen LogP contribution in [0.2, 0.25) is 0 Å². The molecule has 1 atom stereocenters. The number of nitrogen functional groups attached to an aromatic ring is 1. The zero-order valence-corrected chi connectivity index (χ0v) is 18.2. The second kappa shape index (κ2) is 8.12. The number of aryl methyl sites for hydroxylation is 2. The van der Waals surface area contributed by atoms with Crippen LogP contribution in [0.25, 0.3) is 11.2 Å². The van der Waals surface area contributed by atoms with Crippen LogP contribution >= 0.6 is 0 Å². The lowest BCUT2D eigenvalue weighted by molar-refractivity contribution is -0.116. The van der Waals surface area contributed by atoms with E-state index in [0.717, 1.165) is 12.1 Å². The van der Waals surface area contributed by atoms with Crippen LogP contribution in [0.5, 0.6) is 0 Å². The number of fused-ring (bicyclic) bond motifs is 1. The number of nitrogens with zero attached hydrogens (tertiary/aromatic N) is 6. The van der Waals surface area contributed by atoms with Gasteiger partial charge in [0.1, 0.15) is 12.4 Å². The molecule has 1 fully saturated rings. The molecule has 1 saturated carbocycles. The molecule has 3 aromatic rings. The fraction of sp³-hybridized carbons (Fsp3) is 0.526. The van der Waals surface area contributed by atoms with E-state index in [2.05, 4.69) is 41.3 Å². The highest BCUT2D eigenvalue weighted by molar-refractivity contribution is 5.91. The molecular formula is C19H29N11O. The van der Waals surface area contributed by atoms with Gasteiger partial charge in [0.25, 0.3) is 0 Å². The molecule has 3 aromatic heterocycles. The minimum atomic E-state index is -0.202. The first kappa shape index (κ1) is 21.0. The highest BCUT2D eigenvalue weighted by Gasteiger charge is 2.51. The maximum atomic E-state index is 12.6. The van der Waals surface area contributed by atoms with Gasteiger partial charge < -0.3 is 31.6 Å². The predicted molar refractivity (Wildman–Crippen MR) is 118 cm³/mol. The number of anilines is 3. The molecule has 12 nitrogen and oxygen atoms in total. The highest BCUT2D eigenvalue weighted by Crippen LogP contribution is 2.40. The Balaban J connectivity index is 1.49. The van der Waals surface area contributed by atoms with Crippen molar-refractivity contribution in [1.29, 1.82) is 0 Å². The third kappa shape index (κ3) is 4.03. The van der Waals surface area contributed by atoms with Crippen LogP contribution < -0.4 is 27.0 Å². The Morgan fingerprint density at radius 3 is 2.77 bits per heavy atom. The molecule has 1 aliphatic carbocycles. The lowest BCUT2D eigenvalue weighted by Crippen LogP contribution is -2.43. The van der Waals surface area contributed by atoms with Crippen molar-refractivity contribution in [3.63, 3.8) is 0 Å². The molecule has 0 bridgehead atoms. The van der Waals surface area contributed by atoms with Gasteiger partial charge in [0.2, 0.25) is 11.9 Å². The van der Waals surface area contributed by atoms with Crippen molar-refractivity contribution in [1.82, 2.24) is 39.9 Å². The zero-order chi connectivity index (χ0) is 22.2. The second-order valence-electron chi connectivity index (χ2n) is 7.76. The van der Waals surface area contributed by atoms with Crippen molar-refractivity contribution in [2.45, 2.75) is 39.0 Å². The van der Waals surface area contributed by atoms with Gasteiger partial charge in [-0.3, -0.25) is 4.79 Å². The van der Waals surface area contributed by atoms with Crippen LogP contribution in [0.3, 0.4) is 0 Å². The van der Waals surface area contributed by atoms with Crippen LogP contribution in [-0.4, -0.2) is 61.5 Å². The summed E-state index contributed by atoms with van der Waals surface area (Å²) in [5.41, 5.74) is 7.82. The van der Waals surface area contributed by atoms with Gasteiger partial charge in [-0.25, -0.2) is 9.67 Å². The number of imidazole rings is 1. The average molecular weight is 428 g/mol. The quantitative estimate of drug-likeness (QED) is 0.300. The van der Waals surface area contributed by atoms with Gasteiger partial charge in [0.05, 0.1) is 17.7 Å². The Morgan fingerprint density at radius 2 is 2.10 bits per heavy atom. The van der Waals surface area contributed by atoms with Gasteiger partial charge in [-0.15, -0.1) is 0 Å². The summed E-state index contributed by atoms with van der Waals surface area (Å²) in [7, 11) is 3.89. The molecular weight excluding hydrogens is 398 g/mol. The molecule has 31 heavy (non-hydrogen) atoms. The molecule has 166 valence electrons. The third-order valence-corrected chi connectivity index (χ3v) is 5.78. The lowest BCUT2D eigenvalue weighted by Gasteiger charge is -2.16. The second-order valence-corrected chi connectivity index (χ2v) is 7.76. The molecule has 0 aliphatic heterocycles. The van der Waals surface area contributed by atoms with Crippen LogP contribution in [0, 0.1) is 12.8 Å². The number of carbonyl (C=O) groups is 1. The SMILES string of the molecule is CCn1nc(C)cc1NC(=O)Cn1cnc2c(NCC3CC3(NC)NC)nc(N)nc21. The summed E-state index contributed by atoms with van der Waals surface area (Å²) in [4.78, 5) is 25.7. The number of hydrogen-bond acceptors (Lipinski definition) is 9. The monoisotopic (exact) mass is 427 g/mol. The Morgan fingerprint density at radius 1 is 1.32 bits per heavy atom. The van der Waals surface area contributed by atoms with E-state index in [1.807, 2.05) is 34.0 Å². The molecule has 1 aliphatic rings. The van der Waals surface area contributed by atoms with Crippen LogP contribution in [-0.2, 0) is 17.9 Å². The van der Waals surface area contributed by atoms with Gasteiger partial charge >= 0.3 is 0 Å². The molecule has 1 amide bonds. The first-order valence-corrected chi connectivity index (χ1v) is 10.3. The smallest absolute Gasteiger partial charge is 0.245 e. The van der Waals surface area contributed by atoms with Crippen molar-refractivity contribution in [3.8, 4) is 0 Å². The normalized spacial score (nSPS) is 17.1. The van der Waals surface area contributed by atoms with Gasteiger partial charge in [-0.1, -0.05) is 0 Å². The standard InChI is InChI=1S/C19H29N11O/c1-5-30-13(6-11(2)28-30)25-14(31)9-29-10-24-15-16(26-18(20)27-17(15)29)23-8-12-7-19(12,21-3)22-4/h6,10,12,21-22H,5,7-9H2,1-4H3,(H,25,31)(H3,20,23,26,27). The average Bonchev–Trinajstić information content (AvgIpc) is 3.15. The van der Waals surface area contributed by atoms with Gasteiger partial charge in [-0.2, -0.15) is 15.1 Å². The van der Waals surface area contributed by atoms with Crippen LogP contribution in [0.15, 0.2) is 12.4 Å². The number of nitrogens with two attached hydrogens (primary N) is 1. The Bertz CT molecular complexity index is 1100. The van der Waals surface area contributed by atoms with Gasteiger partial charge in [0.15, 0.2) is 17.0 Å². The van der Waals surface area contributed by atoms with E-state index in [9.17, 15) is 4.79 Å². The number of rotatable bonds is 9. The van der Waals surface area contributed by atoms with Crippen LogP contribution in [0.4, 0.5) is 17.6 Å². The molecule has 6 N–H and O–H groups in total. The maximum Gasteiger partial charge on any atom is 0.245 e. The van der Waals surface area contributed by atoms with E-state index in [1.54, 1.807) is 15.6 Å².